The van der Waals surface area contributed by atoms with Gasteiger partial charge < -0.3 is 14.4 Å². The monoisotopic (exact) mass is 297 g/mol. The third-order valence-corrected chi connectivity index (χ3v) is 3.64. The van der Waals surface area contributed by atoms with Crippen LogP contribution in [0, 0.1) is 6.92 Å². The number of pyridine rings is 1. The number of hydrogen-bond acceptors (Lipinski definition) is 4. The first-order valence-corrected chi connectivity index (χ1v) is 7.35. The maximum Gasteiger partial charge on any atom is 0.140 e. The van der Waals surface area contributed by atoms with Gasteiger partial charge in [0.2, 0.25) is 0 Å². The van der Waals surface area contributed by atoms with Gasteiger partial charge >= 0.3 is 0 Å². The van der Waals surface area contributed by atoms with Gasteiger partial charge in [-0.15, -0.1) is 0 Å². The second-order valence-corrected chi connectivity index (χ2v) is 5.11. The summed E-state index contributed by atoms with van der Waals surface area (Å²) >= 11 is 0. The molecule has 1 aromatic carbocycles. The van der Waals surface area contributed by atoms with E-state index in [2.05, 4.69) is 33.6 Å². The Morgan fingerprint density at radius 3 is 2.91 bits per heavy atom. The minimum Gasteiger partial charge on any atom is -0.394 e. The maximum absolute atomic E-state index is 8.76. The summed E-state index contributed by atoms with van der Waals surface area (Å²) in [6, 6.07) is 8.13. The zero-order valence-corrected chi connectivity index (χ0v) is 12.6. The Morgan fingerprint density at radius 1 is 1.14 bits per heavy atom. The molecular weight excluding hydrogens is 278 g/mol. The maximum atomic E-state index is 8.76. The van der Waals surface area contributed by atoms with Crippen LogP contribution in [0.25, 0.3) is 22.3 Å². The standard InChI is InChI=1S/C17H19N3O2/c1-13-4-5-15-14(3-2-6-18-15)16(13)17-19-7-8-20(17)9-11-22-12-10-21/h2-8,21H,9-12H2,1H3. The van der Waals surface area contributed by atoms with Crippen molar-refractivity contribution < 1.29 is 9.84 Å². The third kappa shape index (κ3) is 2.86. The molecule has 0 saturated carbocycles. The van der Waals surface area contributed by atoms with Crippen molar-refractivity contribution in [1.82, 2.24) is 14.5 Å². The van der Waals surface area contributed by atoms with Crippen LogP contribution >= 0.6 is 0 Å². The Bertz CT molecular complexity index is 767. The molecule has 2 aromatic heterocycles. The van der Waals surface area contributed by atoms with E-state index < -0.39 is 0 Å². The largest absolute Gasteiger partial charge is 0.394 e. The van der Waals surface area contributed by atoms with E-state index in [1.807, 2.05) is 18.3 Å². The molecule has 1 N–H and O–H groups in total. The third-order valence-electron chi connectivity index (χ3n) is 3.64. The molecule has 114 valence electrons. The summed E-state index contributed by atoms with van der Waals surface area (Å²) in [6.07, 6.45) is 5.55. The highest BCUT2D eigenvalue weighted by Crippen LogP contribution is 2.29. The summed E-state index contributed by atoms with van der Waals surface area (Å²) in [4.78, 5) is 8.95. The first-order chi connectivity index (χ1) is 10.8. The first-order valence-electron chi connectivity index (χ1n) is 7.35. The van der Waals surface area contributed by atoms with E-state index in [1.165, 1.54) is 5.56 Å². The molecule has 0 radical (unpaired) electrons. The lowest BCUT2D eigenvalue weighted by molar-refractivity contribution is 0.0872. The van der Waals surface area contributed by atoms with Gasteiger partial charge in [-0.05, 0) is 24.6 Å². The quantitative estimate of drug-likeness (QED) is 0.710. The Balaban J connectivity index is 1.98. The fourth-order valence-corrected chi connectivity index (χ4v) is 2.61. The summed E-state index contributed by atoms with van der Waals surface area (Å²) in [6.45, 7) is 3.74. The summed E-state index contributed by atoms with van der Waals surface area (Å²) in [5.41, 5.74) is 3.25. The van der Waals surface area contributed by atoms with Gasteiger partial charge in [0.15, 0.2) is 0 Å². The van der Waals surface area contributed by atoms with Gasteiger partial charge in [-0.3, -0.25) is 4.98 Å². The molecule has 0 amide bonds. The number of aliphatic hydroxyl groups is 1. The highest BCUT2D eigenvalue weighted by Gasteiger charge is 2.13. The van der Waals surface area contributed by atoms with Gasteiger partial charge in [-0.2, -0.15) is 0 Å². The van der Waals surface area contributed by atoms with E-state index in [9.17, 15) is 0 Å². The molecular formula is C17H19N3O2. The van der Waals surface area contributed by atoms with Gasteiger partial charge in [-0.25, -0.2) is 4.98 Å². The number of hydrogen-bond donors (Lipinski definition) is 1. The molecule has 3 aromatic rings. The predicted molar refractivity (Wildman–Crippen MR) is 85.6 cm³/mol. The van der Waals surface area contributed by atoms with Gasteiger partial charge in [0.05, 0.1) is 25.3 Å². The topological polar surface area (TPSA) is 60.2 Å². The minimum atomic E-state index is 0.0465. The lowest BCUT2D eigenvalue weighted by Crippen LogP contribution is -2.09. The zero-order chi connectivity index (χ0) is 15.4. The van der Waals surface area contributed by atoms with Crippen LogP contribution in [-0.4, -0.2) is 39.5 Å². The normalized spacial score (nSPS) is 11.2. The van der Waals surface area contributed by atoms with Crippen LogP contribution < -0.4 is 0 Å². The predicted octanol–water partition coefficient (Wildman–Crippen LogP) is 2.42. The molecule has 0 aliphatic rings. The van der Waals surface area contributed by atoms with Crippen molar-refractivity contribution in [2.75, 3.05) is 19.8 Å². The van der Waals surface area contributed by atoms with Crippen molar-refractivity contribution >= 4 is 10.9 Å². The number of ether oxygens (including phenoxy) is 1. The van der Waals surface area contributed by atoms with Crippen LogP contribution in [0.15, 0.2) is 42.9 Å². The number of aliphatic hydroxyl groups excluding tert-OH is 1. The first kappa shape index (κ1) is 14.7. The number of fused-ring (bicyclic) bond motifs is 1. The van der Waals surface area contributed by atoms with E-state index in [0.717, 1.165) is 22.3 Å². The van der Waals surface area contributed by atoms with Crippen LogP contribution in [0.2, 0.25) is 0 Å². The molecule has 0 atom stereocenters. The summed E-state index contributed by atoms with van der Waals surface area (Å²) in [5.74, 6) is 0.920. The van der Waals surface area contributed by atoms with Crippen molar-refractivity contribution in [3.05, 3.63) is 48.4 Å². The van der Waals surface area contributed by atoms with Gasteiger partial charge in [0.1, 0.15) is 5.82 Å². The van der Waals surface area contributed by atoms with E-state index in [0.29, 0.717) is 19.8 Å². The SMILES string of the molecule is Cc1ccc2ncccc2c1-c1nccn1CCOCCO. The van der Waals surface area contributed by atoms with Crippen LogP contribution in [0.1, 0.15) is 5.56 Å². The Labute approximate surface area is 129 Å². The molecule has 3 rings (SSSR count). The number of aromatic nitrogens is 3. The van der Waals surface area contributed by atoms with E-state index in [4.69, 9.17) is 9.84 Å². The zero-order valence-electron chi connectivity index (χ0n) is 12.6. The molecule has 22 heavy (non-hydrogen) atoms. The van der Waals surface area contributed by atoms with Crippen LogP contribution in [0.5, 0.6) is 0 Å². The number of nitrogens with zero attached hydrogens (tertiary/aromatic N) is 3. The fourth-order valence-electron chi connectivity index (χ4n) is 2.61. The molecule has 0 aliphatic carbocycles. The Kier molecular flexibility index (Phi) is 4.46. The molecule has 0 bridgehead atoms. The van der Waals surface area contributed by atoms with Crippen LogP contribution in [-0.2, 0) is 11.3 Å². The molecule has 0 fully saturated rings. The molecule has 0 saturated heterocycles. The number of aryl methyl sites for hydroxylation is 1. The molecule has 0 spiro atoms. The summed E-state index contributed by atoms with van der Waals surface area (Å²) in [5, 5.41) is 9.86. The molecule has 5 heteroatoms. The van der Waals surface area contributed by atoms with Crippen molar-refractivity contribution in [3.8, 4) is 11.4 Å². The average Bonchev–Trinajstić information content (AvgIpc) is 2.99. The summed E-state index contributed by atoms with van der Waals surface area (Å²) < 4.78 is 7.43. The van der Waals surface area contributed by atoms with Gasteiger partial charge in [-0.1, -0.05) is 12.1 Å². The van der Waals surface area contributed by atoms with Crippen molar-refractivity contribution in [2.45, 2.75) is 13.5 Å². The average molecular weight is 297 g/mol. The van der Waals surface area contributed by atoms with E-state index in [1.54, 1.807) is 12.4 Å². The molecule has 5 nitrogen and oxygen atoms in total. The summed E-state index contributed by atoms with van der Waals surface area (Å²) in [7, 11) is 0. The van der Waals surface area contributed by atoms with Crippen molar-refractivity contribution in [3.63, 3.8) is 0 Å². The lowest BCUT2D eigenvalue weighted by Gasteiger charge is -2.12. The second kappa shape index (κ2) is 6.68. The molecule has 2 heterocycles. The molecule has 0 unspecified atom stereocenters. The van der Waals surface area contributed by atoms with E-state index >= 15 is 0 Å². The molecule has 0 aliphatic heterocycles. The van der Waals surface area contributed by atoms with Crippen LogP contribution in [0.4, 0.5) is 0 Å². The highest BCUT2D eigenvalue weighted by molar-refractivity contribution is 5.94. The van der Waals surface area contributed by atoms with Crippen molar-refractivity contribution in [1.29, 1.82) is 0 Å². The van der Waals surface area contributed by atoms with Gasteiger partial charge in [0, 0.05) is 36.1 Å². The van der Waals surface area contributed by atoms with Gasteiger partial charge in [0.25, 0.3) is 0 Å². The smallest absolute Gasteiger partial charge is 0.140 e. The second-order valence-electron chi connectivity index (χ2n) is 5.11. The fraction of sp³-hybridized carbons (Fsp3) is 0.294. The highest BCUT2D eigenvalue weighted by atomic mass is 16.5. The minimum absolute atomic E-state index is 0.0465. The Hall–Kier alpha value is -2.24. The van der Waals surface area contributed by atoms with Crippen LogP contribution in [0.3, 0.4) is 0 Å². The van der Waals surface area contributed by atoms with E-state index in [-0.39, 0.29) is 6.61 Å². The number of rotatable bonds is 6. The Morgan fingerprint density at radius 2 is 2.05 bits per heavy atom. The number of imidazole rings is 1. The lowest BCUT2D eigenvalue weighted by atomic mass is 10.0. The van der Waals surface area contributed by atoms with Crippen molar-refractivity contribution in [2.24, 2.45) is 0 Å². The number of benzene rings is 1.